The van der Waals surface area contributed by atoms with Gasteiger partial charge >= 0.3 is 6.18 Å². The first-order valence-electron chi connectivity index (χ1n) is 7.94. The lowest BCUT2D eigenvalue weighted by Crippen LogP contribution is -2.26. The van der Waals surface area contributed by atoms with Crippen molar-refractivity contribution in [2.24, 2.45) is 0 Å². The van der Waals surface area contributed by atoms with Crippen LogP contribution in [0.25, 0.3) is 0 Å². The molecule has 1 aliphatic rings. The highest BCUT2D eigenvalue weighted by Gasteiger charge is 2.33. The van der Waals surface area contributed by atoms with Gasteiger partial charge in [0.15, 0.2) is 0 Å². The molecule has 0 aliphatic carbocycles. The van der Waals surface area contributed by atoms with E-state index in [1.165, 1.54) is 12.1 Å². The summed E-state index contributed by atoms with van der Waals surface area (Å²) in [6.07, 6.45) is -3.51. The maximum atomic E-state index is 12.7. The van der Waals surface area contributed by atoms with E-state index in [1.54, 1.807) is 24.3 Å². The van der Waals surface area contributed by atoms with Gasteiger partial charge in [0.25, 0.3) is 5.69 Å². The molecule has 2 aromatic carbocycles. The Morgan fingerprint density at radius 1 is 1.08 bits per heavy atom. The van der Waals surface area contributed by atoms with Crippen LogP contribution in [0.4, 0.5) is 24.5 Å². The molecular weight excluding hydrogens is 333 g/mol. The summed E-state index contributed by atoms with van der Waals surface area (Å²) in [5, 5.41) is 10.7. The fourth-order valence-electron chi connectivity index (χ4n) is 3.34. The number of non-ortho nitro benzene ring substituents is 1. The van der Waals surface area contributed by atoms with Gasteiger partial charge in [-0.05, 0) is 43.2 Å². The van der Waals surface area contributed by atoms with E-state index in [1.807, 2.05) is 6.92 Å². The maximum Gasteiger partial charge on any atom is 0.416 e. The highest BCUT2D eigenvalue weighted by atomic mass is 19.4. The van der Waals surface area contributed by atoms with Crippen LogP contribution in [0.1, 0.15) is 30.4 Å². The summed E-state index contributed by atoms with van der Waals surface area (Å²) in [6, 6.07) is 11.9. The third kappa shape index (κ3) is 3.60. The molecule has 0 aromatic heterocycles. The zero-order chi connectivity index (χ0) is 18.2. The van der Waals surface area contributed by atoms with E-state index in [2.05, 4.69) is 4.90 Å². The molecule has 0 radical (unpaired) electrons. The first-order chi connectivity index (χ1) is 11.8. The van der Waals surface area contributed by atoms with Gasteiger partial charge in [-0.25, -0.2) is 0 Å². The standard InChI is InChI=1S/C18H17F3N2O2/c1-12-10-14(13-2-4-15(5-3-13)18(19,20)21)11-22(12)16-6-8-17(9-7-16)23(24)25/h2-9,12,14H,10-11H2,1H3/t12-,14?/m0/s1. The molecule has 1 saturated heterocycles. The molecule has 25 heavy (non-hydrogen) atoms. The monoisotopic (exact) mass is 350 g/mol. The molecule has 1 aliphatic heterocycles. The number of rotatable bonds is 3. The lowest BCUT2D eigenvalue weighted by molar-refractivity contribution is -0.384. The molecule has 4 nitrogen and oxygen atoms in total. The van der Waals surface area contributed by atoms with Crippen LogP contribution in [-0.2, 0) is 6.18 Å². The number of halogens is 3. The summed E-state index contributed by atoms with van der Waals surface area (Å²) in [4.78, 5) is 12.4. The van der Waals surface area contributed by atoms with E-state index in [0.717, 1.165) is 29.8 Å². The zero-order valence-corrected chi connectivity index (χ0v) is 13.5. The fraction of sp³-hybridized carbons (Fsp3) is 0.333. The summed E-state index contributed by atoms with van der Waals surface area (Å²) < 4.78 is 38.0. The van der Waals surface area contributed by atoms with Crippen LogP contribution in [0.15, 0.2) is 48.5 Å². The number of anilines is 1. The van der Waals surface area contributed by atoms with Gasteiger partial charge in [0.05, 0.1) is 10.5 Å². The molecular formula is C18H17F3N2O2. The number of nitro benzene ring substituents is 1. The van der Waals surface area contributed by atoms with Crippen molar-refractivity contribution < 1.29 is 18.1 Å². The molecule has 1 heterocycles. The average Bonchev–Trinajstić information content (AvgIpc) is 2.96. The van der Waals surface area contributed by atoms with Crippen LogP contribution in [0, 0.1) is 10.1 Å². The van der Waals surface area contributed by atoms with E-state index >= 15 is 0 Å². The Hall–Kier alpha value is -2.57. The number of nitrogens with zero attached hydrogens (tertiary/aromatic N) is 2. The molecule has 0 spiro atoms. The van der Waals surface area contributed by atoms with Gasteiger partial charge in [-0.1, -0.05) is 12.1 Å². The van der Waals surface area contributed by atoms with Crippen LogP contribution in [-0.4, -0.2) is 17.5 Å². The van der Waals surface area contributed by atoms with Gasteiger partial charge in [0, 0.05) is 36.3 Å². The Kier molecular flexibility index (Phi) is 4.41. The minimum Gasteiger partial charge on any atom is -0.368 e. The second kappa shape index (κ2) is 6.38. The highest BCUT2D eigenvalue weighted by molar-refractivity contribution is 5.53. The van der Waals surface area contributed by atoms with Crippen LogP contribution in [0.3, 0.4) is 0 Å². The molecule has 0 saturated carbocycles. The lowest BCUT2D eigenvalue weighted by Gasteiger charge is -2.23. The molecule has 0 bridgehead atoms. The van der Waals surface area contributed by atoms with Crippen molar-refractivity contribution in [3.63, 3.8) is 0 Å². The maximum absolute atomic E-state index is 12.7. The first kappa shape index (κ1) is 17.3. The Bertz CT molecular complexity index is 757. The van der Waals surface area contributed by atoms with Gasteiger partial charge in [-0.3, -0.25) is 10.1 Å². The van der Waals surface area contributed by atoms with E-state index in [4.69, 9.17) is 0 Å². The zero-order valence-electron chi connectivity index (χ0n) is 13.5. The predicted octanol–water partition coefficient (Wildman–Crippen LogP) is 5.00. The van der Waals surface area contributed by atoms with Crippen molar-refractivity contribution in [1.82, 2.24) is 0 Å². The molecule has 1 fully saturated rings. The fourth-order valence-corrected chi connectivity index (χ4v) is 3.34. The smallest absolute Gasteiger partial charge is 0.368 e. The van der Waals surface area contributed by atoms with Crippen molar-refractivity contribution in [2.45, 2.75) is 31.5 Å². The highest BCUT2D eigenvalue weighted by Crippen LogP contribution is 2.37. The van der Waals surface area contributed by atoms with Crippen molar-refractivity contribution in [3.05, 3.63) is 69.8 Å². The van der Waals surface area contributed by atoms with Crippen LogP contribution in [0.5, 0.6) is 0 Å². The summed E-state index contributed by atoms with van der Waals surface area (Å²) in [5.41, 5.74) is 1.15. The number of nitro groups is 1. The number of alkyl halides is 3. The molecule has 0 amide bonds. The molecule has 2 atom stereocenters. The Morgan fingerprint density at radius 2 is 1.68 bits per heavy atom. The largest absolute Gasteiger partial charge is 0.416 e. The van der Waals surface area contributed by atoms with Gasteiger partial charge in [0.2, 0.25) is 0 Å². The number of hydrogen-bond donors (Lipinski definition) is 0. The van der Waals surface area contributed by atoms with E-state index in [9.17, 15) is 23.3 Å². The minimum atomic E-state index is -4.33. The minimum absolute atomic E-state index is 0.0369. The van der Waals surface area contributed by atoms with Crippen LogP contribution < -0.4 is 4.90 Å². The van der Waals surface area contributed by atoms with Crippen molar-refractivity contribution in [1.29, 1.82) is 0 Å². The topological polar surface area (TPSA) is 46.4 Å². The quantitative estimate of drug-likeness (QED) is 0.578. The van der Waals surface area contributed by atoms with E-state index in [-0.39, 0.29) is 17.6 Å². The molecule has 132 valence electrons. The van der Waals surface area contributed by atoms with Crippen LogP contribution in [0.2, 0.25) is 0 Å². The second-order valence-corrected chi connectivity index (χ2v) is 6.33. The lowest BCUT2D eigenvalue weighted by atomic mass is 9.96. The first-order valence-corrected chi connectivity index (χ1v) is 7.94. The van der Waals surface area contributed by atoms with Crippen molar-refractivity contribution >= 4 is 11.4 Å². The molecule has 7 heteroatoms. The van der Waals surface area contributed by atoms with E-state index in [0.29, 0.717) is 6.54 Å². The second-order valence-electron chi connectivity index (χ2n) is 6.33. The molecule has 0 N–H and O–H groups in total. The molecule has 3 rings (SSSR count). The van der Waals surface area contributed by atoms with Crippen LogP contribution >= 0.6 is 0 Å². The summed E-state index contributed by atoms with van der Waals surface area (Å²) >= 11 is 0. The average molecular weight is 350 g/mol. The summed E-state index contributed by atoms with van der Waals surface area (Å²) in [5.74, 6) is 0.132. The van der Waals surface area contributed by atoms with E-state index < -0.39 is 16.7 Å². The SMILES string of the molecule is C[C@H]1CC(c2ccc(C(F)(F)F)cc2)CN1c1ccc([N+](=O)[O-])cc1. The number of benzene rings is 2. The predicted molar refractivity (Wildman–Crippen MR) is 88.7 cm³/mol. The molecule has 1 unspecified atom stereocenters. The van der Waals surface area contributed by atoms with Gasteiger partial charge in [0.1, 0.15) is 0 Å². The van der Waals surface area contributed by atoms with Gasteiger partial charge in [-0.15, -0.1) is 0 Å². The molecule has 2 aromatic rings. The van der Waals surface area contributed by atoms with Crippen molar-refractivity contribution in [2.75, 3.05) is 11.4 Å². The number of hydrogen-bond acceptors (Lipinski definition) is 3. The Balaban J connectivity index is 1.76. The summed E-state index contributed by atoms with van der Waals surface area (Å²) in [7, 11) is 0. The van der Waals surface area contributed by atoms with Gasteiger partial charge in [-0.2, -0.15) is 13.2 Å². The Labute approximate surface area is 143 Å². The Morgan fingerprint density at radius 3 is 2.20 bits per heavy atom. The third-order valence-corrected chi connectivity index (χ3v) is 4.68. The van der Waals surface area contributed by atoms with Crippen molar-refractivity contribution in [3.8, 4) is 0 Å². The normalized spacial score (nSPS) is 20.7. The van der Waals surface area contributed by atoms with Gasteiger partial charge < -0.3 is 4.90 Å². The summed E-state index contributed by atoms with van der Waals surface area (Å²) in [6.45, 7) is 2.72. The third-order valence-electron chi connectivity index (χ3n) is 4.68.